The monoisotopic (exact) mass is 965 g/mol. The summed E-state index contributed by atoms with van der Waals surface area (Å²) in [5.74, 6) is -6.51. The minimum absolute atomic E-state index is 0.0520. The van der Waals surface area contributed by atoms with Gasteiger partial charge in [-0.2, -0.15) is 0 Å². The third-order valence-corrected chi connectivity index (χ3v) is 13.4. The fourth-order valence-electron chi connectivity index (χ4n) is 10.2. The van der Waals surface area contributed by atoms with Gasteiger partial charge in [-0.25, -0.2) is 4.79 Å². The molecule has 6 amide bonds. The van der Waals surface area contributed by atoms with E-state index in [1.54, 1.807) is 117 Å². The number of hydrogen-bond acceptors (Lipinski definition) is 8. The first kappa shape index (κ1) is 49.4. The number of nitrogens with two attached hydrogens (primary N) is 1. The van der Waals surface area contributed by atoms with Crippen LogP contribution in [0.25, 0.3) is 0 Å². The molecule has 0 radical (unpaired) electrons. The summed E-state index contributed by atoms with van der Waals surface area (Å²) in [5.41, 5.74) is 11.2. The van der Waals surface area contributed by atoms with Crippen LogP contribution in [0.4, 0.5) is 8.63 Å². The summed E-state index contributed by atoms with van der Waals surface area (Å²) in [5, 5.41) is 7.66. The Morgan fingerprint density at radius 3 is 1.89 bits per heavy atom. The highest BCUT2D eigenvalue weighted by molar-refractivity contribution is 6.57. The molecular weight excluding hydrogens is 911 g/mol. The zero-order chi connectivity index (χ0) is 50.9. The maximum Gasteiger partial charge on any atom is 0.732 e. The van der Waals surface area contributed by atoms with Crippen molar-refractivity contribution in [1.29, 1.82) is 0 Å². The Bertz CT molecular complexity index is 2980. The number of allylic oxidation sites excluding steroid dienone is 1. The van der Waals surface area contributed by atoms with Crippen molar-refractivity contribution in [2.24, 2.45) is 5.73 Å². The van der Waals surface area contributed by atoms with E-state index >= 15 is 8.63 Å². The second-order valence-corrected chi connectivity index (χ2v) is 18.5. The number of hydrogen-bond donors (Lipinski definition) is 4. The number of carbonyl (C=O) groups excluding carboxylic acids is 7. The molecule has 0 bridgehead atoms. The molecule has 4 heterocycles. The number of amides is 6. The molecule has 5 N–H and O–H groups in total. The van der Waals surface area contributed by atoms with Crippen molar-refractivity contribution in [2.75, 3.05) is 0 Å². The van der Waals surface area contributed by atoms with Crippen molar-refractivity contribution >= 4 is 54.1 Å². The molecule has 0 spiro atoms. The van der Waals surface area contributed by atoms with Crippen LogP contribution < -0.4 is 21.7 Å². The van der Waals surface area contributed by atoms with Gasteiger partial charge in [0.05, 0.1) is 23.5 Å². The topological polar surface area (TPSA) is 202 Å². The molecule has 71 heavy (non-hydrogen) atoms. The van der Waals surface area contributed by atoms with Gasteiger partial charge < -0.3 is 44.0 Å². The van der Waals surface area contributed by atoms with E-state index in [1.807, 2.05) is 19.9 Å². The van der Waals surface area contributed by atoms with Crippen LogP contribution in [-0.4, -0.2) is 98.2 Å². The molecule has 366 valence electrons. The van der Waals surface area contributed by atoms with Gasteiger partial charge in [-0.1, -0.05) is 97.1 Å². The number of ether oxygens (including phenoxy) is 1. The summed E-state index contributed by atoms with van der Waals surface area (Å²) < 4.78 is 40.6. The Morgan fingerprint density at radius 2 is 1.28 bits per heavy atom. The average molecular weight is 966 g/mol. The van der Waals surface area contributed by atoms with E-state index < -0.39 is 90.9 Å². The van der Waals surface area contributed by atoms with Crippen molar-refractivity contribution in [2.45, 2.75) is 96.6 Å². The van der Waals surface area contributed by atoms with Gasteiger partial charge in [0, 0.05) is 31.5 Å². The van der Waals surface area contributed by atoms with E-state index in [0.29, 0.717) is 33.8 Å². The van der Waals surface area contributed by atoms with Gasteiger partial charge in [-0.3, -0.25) is 33.7 Å². The molecular formula is C53H54BF2N7O8. The normalized spacial score (nSPS) is 18.3. The second kappa shape index (κ2) is 20.1. The number of esters is 1. The van der Waals surface area contributed by atoms with Crippen molar-refractivity contribution in [3.05, 3.63) is 177 Å². The highest BCUT2D eigenvalue weighted by Crippen LogP contribution is 2.45. The molecule has 1 aromatic heterocycles. The van der Waals surface area contributed by atoms with Crippen LogP contribution in [0.3, 0.4) is 0 Å². The molecule has 5 aromatic rings. The van der Waals surface area contributed by atoms with Crippen LogP contribution in [0.15, 0.2) is 127 Å². The Labute approximate surface area is 409 Å². The van der Waals surface area contributed by atoms with Crippen LogP contribution >= 0.6 is 0 Å². The first-order chi connectivity index (χ1) is 33.8. The summed E-state index contributed by atoms with van der Waals surface area (Å²) in [7, 11) is 0. The fraction of sp³-hybridized carbons (Fsp3) is 0.283. The molecule has 3 aliphatic heterocycles. The van der Waals surface area contributed by atoms with Crippen LogP contribution in [0, 0.1) is 13.8 Å². The Kier molecular flexibility index (Phi) is 14.0. The van der Waals surface area contributed by atoms with E-state index in [1.165, 1.54) is 23.5 Å². The largest absolute Gasteiger partial charge is 0.732 e. The number of nitrogens with zero attached hydrogens (tertiary/aromatic N) is 3. The van der Waals surface area contributed by atoms with Crippen LogP contribution in [0.1, 0.15) is 93.0 Å². The molecule has 4 aromatic carbocycles. The molecule has 2 unspecified atom stereocenters. The number of aryl methyl sites for hydroxylation is 2. The van der Waals surface area contributed by atoms with E-state index in [4.69, 9.17) is 10.5 Å². The molecule has 3 aliphatic rings. The summed E-state index contributed by atoms with van der Waals surface area (Å²) >= 11 is 0. The summed E-state index contributed by atoms with van der Waals surface area (Å²) in [6.45, 7) is 4.12. The van der Waals surface area contributed by atoms with Gasteiger partial charge in [0.1, 0.15) is 42.5 Å². The van der Waals surface area contributed by atoms with E-state index in [0.717, 1.165) is 26.1 Å². The molecule has 15 nitrogen and oxygen atoms in total. The predicted octanol–water partition coefficient (Wildman–Crippen LogP) is 4.82. The molecule has 0 aliphatic carbocycles. The molecule has 18 heteroatoms. The van der Waals surface area contributed by atoms with Crippen molar-refractivity contribution in [3.8, 4) is 0 Å². The zero-order valence-electron chi connectivity index (χ0n) is 39.9. The van der Waals surface area contributed by atoms with Crippen molar-refractivity contribution in [3.63, 3.8) is 0 Å². The number of imide groups is 1. The lowest BCUT2D eigenvalue weighted by molar-refractivity contribution is -0.463. The molecule has 0 saturated heterocycles. The smallest absolute Gasteiger partial charge is 0.459 e. The minimum Gasteiger partial charge on any atom is -0.459 e. The lowest BCUT2D eigenvalue weighted by Crippen LogP contribution is -2.59. The van der Waals surface area contributed by atoms with Gasteiger partial charge in [0.2, 0.25) is 23.6 Å². The number of rotatable bonds is 17. The number of halogens is 2. The third kappa shape index (κ3) is 9.91. The number of benzene rings is 4. The number of carbonyl (C=O) groups is 7. The SMILES string of the molecule is CC1=CC(C)=[N+]2C1C(c1ccc(C[C@@H](C(=O)N[C@@H](CC(N)=O)C(=O)N[C@@H](C)C(=O)N[C@@H](Cc3ccccc3)C(=O)OCc3ccccc3)N3C(=O)c4ccccc4C3=O)cc1)c1c(C)cc(C)n1[B-]2(F)F. The highest BCUT2D eigenvalue weighted by atomic mass is 19.2. The second-order valence-electron chi connectivity index (χ2n) is 18.5. The lowest BCUT2D eigenvalue weighted by atomic mass is 9.75. The fourth-order valence-corrected chi connectivity index (χ4v) is 10.2. The average Bonchev–Trinajstić information content (AvgIpc) is 3.92. The van der Waals surface area contributed by atoms with Crippen molar-refractivity contribution in [1.82, 2.24) is 25.3 Å². The van der Waals surface area contributed by atoms with Crippen LogP contribution in [-0.2, 0) is 48.2 Å². The van der Waals surface area contributed by atoms with Crippen LogP contribution in [0.2, 0.25) is 0 Å². The van der Waals surface area contributed by atoms with E-state index in [9.17, 15) is 33.6 Å². The Morgan fingerprint density at radius 1 is 0.718 bits per heavy atom. The molecule has 6 atom stereocenters. The van der Waals surface area contributed by atoms with Gasteiger partial charge in [0.15, 0.2) is 0 Å². The molecule has 0 saturated carbocycles. The maximum absolute atomic E-state index is 16.4. The van der Waals surface area contributed by atoms with Gasteiger partial charge in [-0.05, 0) is 85.0 Å². The van der Waals surface area contributed by atoms with Crippen molar-refractivity contribution < 1.29 is 51.4 Å². The number of fused-ring (bicyclic) bond motifs is 3. The van der Waals surface area contributed by atoms with Crippen LogP contribution in [0.5, 0.6) is 0 Å². The maximum atomic E-state index is 16.4. The Balaban J connectivity index is 1.03. The number of nitrogens with one attached hydrogen (secondary N) is 3. The quantitative estimate of drug-likeness (QED) is 0.0577. The molecule has 8 rings (SSSR count). The highest BCUT2D eigenvalue weighted by Gasteiger charge is 2.59. The van der Waals surface area contributed by atoms with E-state index in [-0.39, 0.29) is 30.6 Å². The predicted molar refractivity (Wildman–Crippen MR) is 260 cm³/mol. The minimum atomic E-state index is -4.16. The lowest BCUT2D eigenvalue weighted by Gasteiger charge is -2.41. The standard InChI is InChI=1S/C53H54BF2N7O8/c1-30-24-32(3)62-46(30)45(47-31(2)25-33(4)63(47)54(62,55)56)38-22-20-36(21-23-38)27-43(61-51(68)39-18-12-13-19-40(39)52(61)69)50(67)59-41(28-44(57)64)49(66)58-34(5)48(65)60-42(26-35-14-8-6-9-15-35)53(70)71-29-37-16-10-7-11-17-37/h6-25,34,41-43,45-46H,26-29H2,1-5H3,(H2,57,64)(H,58,66)(H,59,67)(H,60,65)/t34-,41-,42-,43-,45?,46?/m0/s1. The number of aromatic nitrogens is 1. The van der Waals surface area contributed by atoms with Gasteiger partial charge >= 0.3 is 12.9 Å². The molecule has 0 fully saturated rings. The number of primary amides is 1. The zero-order valence-corrected chi connectivity index (χ0v) is 39.9. The first-order valence-electron chi connectivity index (χ1n) is 23.4. The summed E-state index contributed by atoms with van der Waals surface area (Å²) in [4.78, 5) is 96.8. The summed E-state index contributed by atoms with van der Waals surface area (Å²) in [6.07, 6.45) is 0.849. The van der Waals surface area contributed by atoms with Gasteiger partial charge in [-0.15, -0.1) is 0 Å². The van der Waals surface area contributed by atoms with Gasteiger partial charge in [0.25, 0.3) is 11.8 Å². The summed E-state index contributed by atoms with van der Waals surface area (Å²) in [6, 6.07) is 26.2. The first-order valence-corrected chi connectivity index (χ1v) is 23.4. The Hall–Kier alpha value is -8.02. The third-order valence-electron chi connectivity index (χ3n) is 13.4. The van der Waals surface area contributed by atoms with E-state index in [2.05, 4.69) is 16.0 Å².